The van der Waals surface area contributed by atoms with Gasteiger partial charge < -0.3 is 9.47 Å². The van der Waals surface area contributed by atoms with Gasteiger partial charge in [-0.05, 0) is 12.8 Å². The number of ketones is 1. The maximum atomic E-state index is 11.6. The molecule has 1 rings (SSSR count). The number of carbonyl (C=O) groups is 2. The molecular weight excluding hydrogens is 232 g/mol. The lowest BCUT2D eigenvalue weighted by molar-refractivity contribution is -0.138. The largest absolute Gasteiger partial charge is 0.502 e. The Kier molecular flexibility index (Phi) is 6.25. The van der Waals surface area contributed by atoms with Crippen molar-refractivity contribution in [3.63, 3.8) is 0 Å². The lowest BCUT2D eigenvalue weighted by Crippen LogP contribution is -2.18. The van der Waals surface area contributed by atoms with E-state index in [4.69, 9.17) is 9.47 Å². The summed E-state index contributed by atoms with van der Waals surface area (Å²) in [7, 11) is 0. The summed E-state index contributed by atoms with van der Waals surface area (Å²) in [6.45, 7) is 4.17. The monoisotopic (exact) mass is 248 g/mol. The van der Waals surface area contributed by atoms with Crippen LogP contribution in [0, 0.1) is 0 Å². The Labute approximate surface area is 106 Å². The molecule has 0 aliphatic carbocycles. The third kappa shape index (κ3) is 4.82. The van der Waals surface area contributed by atoms with Gasteiger partial charge in [-0.3, -0.25) is 4.79 Å². The number of hydrogen-bond acceptors (Lipinski definition) is 4. The van der Waals surface area contributed by atoms with E-state index in [9.17, 15) is 9.59 Å². The molecule has 0 radical (unpaired) electrons. The van der Waals surface area contributed by atoms with Crippen LogP contribution in [-0.4, -0.2) is 25.0 Å². The van der Waals surface area contributed by atoms with Crippen LogP contribution in [0.25, 0.3) is 0 Å². The molecule has 0 saturated carbocycles. The standard InChI is InChI=1S/C14H16O4/c1-2-17-10-6-7-11-18-14(16)13(15)12-8-4-3-5-9-12/h2-5,8-9H,1,6-7,10-11H2. The van der Waals surface area contributed by atoms with Crippen LogP contribution >= 0.6 is 0 Å². The molecule has 0 aromatic heterocycles. The van der Waals surface area contributed by atoms with Crippen LogP contribution in [0.5, 0.6) is 0 Å². The smallest absolute Gasteiger partial charge is 0.379 e. The molecule has 0 bridgehead atoms. The van der Waals surface area contributed by atoms with E-state index in [0.29, 0.717) is 18.6 Å². The highest BCUT2D eigenvalue weighted by atomic mass is 16.5. The zero-order chi connectivity index (χ0) is 13.2. The van der Waals surface area contributed by atoms with Crippen molar-refractivity contribution in [2.24, 2.45) is 0 Å². The molecule has 96 valence electrons. The van der Waals surface area contributed by atoms with Crippen LogP contribution < -0.4 is 0 Å². The summed E-state index contributed by atoms with van der Waals surface area (Å²) in [5.41, 5.74) is 0.345. The number of carbonyl (C=O) groups excluding carboxylic acids is 2. The zero-order valence-electron chi connectivity index (χ0n) is 10.1. The molecule has 0 aliphatic heterocycles. The molecule has 0 amide bonds. The fourth-order valence-electron chi connectivity index (χ4n) is 1.31. The van der Waals surface area contributed by atoms with Crippen LogP contribution in [0.1, 0.15) is 23.2 Å². The van der Waals surface area contributed by atoms with Crippen LogP contribution in [0.2, 0.25) is 0 Å². The van der Waals surface area contributed by atoms with Crippen molar-refractivity contribution in [2.75, 3.05) is 13.2 Å². The van der Waals surface area contributed by atoms with Crippen molar-refractivity contribution in [3.8, 4) is 0 Å². The molecule has 18 heavy (non-hydrogen) atoms. The molecule has 4 nitrogen and oxygen atoms in total. The number of unbranched alkanes of at least 4 members (excludes halogenated alkanes) is 1. The predicted octanol–water partition coefficient (Wildman–Crippen LogP) is 2.35. The van der Waals surface area contributed by atoms with Crippen molar-refractivity contribution in [1.82, 2.24) is 0 Å². The molecule has 0 heterocycles. The first-order chi connectivity index (χ1) is 8.75. The summed E-state index contributed by atoms with van der Waals surface area (Å²) < 4.78 is 9.78. The summed E-state index contributed by atoms with van der Waals surface area (Å²) in [4.78, 5) is 23.0. The quantitative estimate of drug-likeness (QED) is 0.233. The summed E-state index contributed by atoms with van der Waals surface area (Å²) in [5, 5.41) is 0. The summed E-state index contributed by atoms with van der Waals surface area (Å²) in [6, 6.07) is 8.35. The van der Waals surface area contributed by atoms with E-state index in [2.05, 4.69) is 6.58 Å². The average molecular weight is 248 g/mol. The highest BCUT2D eigenvalue weighted by Gasteiger charge is 2.16. The first-order valence-corrected chi connectivity index (χ1v) is 5.74. The van der Waals surface area contributed by atoms with Crippen LogP contribution in [-0.2, 0) is 14.3 Å². The molecule has 0 fully saturated rings. The summed E-state index contributed by atoms with van der Waals surface area (Å²) in [6.07, 6.45) is 2.77. The minimum Gasteiger partial charge on any atom is -0.502 e. The highest BCUT2D eigenvalue weighted by Crippen LogP contribution is 2.02. The zero-order valence-corrected chi connectivity index (χ0v) is 10.1. The van der Waals surface area contributed by atoms with Crippen molar-refractivity contribution >= 4 is 11.8 Å². The molecule has 0 saturated heterocycles. The van der Waals surface area contributed by atoms with Crippen molar-refractivity contribution in [1.29, 1.82) is 0 Å². The molecule has 1 aromatic rings. The number of rotatable bonds is 8. The van der Waals surface area contributed by atoms with Crippen LogP contribution in [0.3, 0.4) is 0 Å². The Morgan fingerprint density at radius 3 is 2.44 bits per heavy atom. The van der Waals surface area contributed by atoms with Gasteiger partial charge in [-0.25, -0.2) is 4.79 Å². The van der Waals surface area contributed by atoms with E-state index < -0.39 is 11.8 Å². The van der Waals surface area contributed by atoms with Crippen LogP contribution in [0.15, 0.2) is 43.2 Å². The van der Waals surface area contributed by atoms with E-state index in [1.165, 1.54) is 6.26 Å². The predicted molar refractivity (Wildman–Crippen MR) is 67.1 cm³/mol. The van der Waals surface area contributed by atoms with Gasteiger partial charge in [0.1, 0.15) is 0 Å². The topological polar surface area (TPSA) is 52.6 Å². The molecule has 1 aromatic carbocycles. The first kappa shape index (κ1) is 14.0. The molecule has 0 spiro atoms. The molecular formula is C14H16O4. The second kappa shape index (κ2) is 8.06. The van der Waals surface area contributed by atoms with Gasteiger partial charge >= 0.3 is 5.97 Å². The number of hydrogen-bond donors (Lipinski definition) is 0. The van der Waals surface area contributed by atoms with E-state index in [1.807, 2.05) is 0 Å². The van der Waals surface area contributed by atoms with Gasteiger partial charge in [0.25, 0.3) is 5.78 Å². The van der Waals surface area contributed by atoms with Gasteiger partial charge in [0.15, 0.2) is 0 Å². The third-order valence-electron chi connectivity index (χ3n) is 2.23. The minimum absolute atomic E-state index is 0.220. The number of ether oxygens (including phenoxy) is 2. The molecule has 0 aliphatic rings. The molecule has 0 N–H and O–H groups in total. The fourth-order valence-corrected chi connectivity index (χ4v) is 1.31. The van der Waals surface area contributed by atoms with Gasteiger partial charge in [-0.2, -0.15) is 0 Å². The molecule has 0 unspecified atom stereocenters. The van der Waals surface area contributed by atoms with Gasteiger partial charge in [0.2, 0.25) is 0 Å². The average Bonchev–Trinajstić information content (AvgIpc) is 2.42. The van der Waals surface area contributed by atoms with Gasteiger partial charge in [-0.1, -0.05) is 36.9 Å². The minimum atomic E-state index is -0.814. The second-order valence-electron chi connectivity index (χ2n) is 3.58. The lowest BCUT2D eigenvalue weighted by Gasteiger charge is -2.04. The van der Waals surface area contributed by atoms with Gasteiger partial charge in [-0.15, -0.1) is 0 Å². The van der Waals surface area contributed by atoms with E-state index in [1.54, 1.807) is 30.3 Å². The maximum Gasteiger partial charge on any atom is 0.379 e. The Bertz CT molecular complexity index is 398. The lowest BCUT2D eigenvalue weighted by atomic mass is 10.1. The Balaban J connectivity index is 2.25. The fraction of sp³-hybridized carbons (Fsp3) is 0.286. The Morgan fingerprint density at radius 1 is 1.11 bits per heavy atom. The number of benzene rings is 1. The Morgan fingerprint density at radius 2 is 1.78 bits per heavy atom. The maximum absolute atomic E-state index is 11.6. The van der Waals surface area contributed by atoms with E-state index in [0.717, 1.165) is 6.42 Å². The Hall–Kier alpha value is -2.10. The van der Waals surface area contributed by atoms with Gasteiger partial charge in [0, 0.05) is 5.56 Å². The van der Waals surface area contributed by atoms with E-state index in [-0.39, 0.29) is 6.61 Å². The normalized spacial score (nSPS) is 9.56. The number of esters is 1. The third-order valence-corrected chi connectivity index (χ3v) is 2.23. The van der Waals surface area contributed by atoms with Crippen molar-refractivity contribution < 1.29 is 19.1 Å². The first-order valence-electron chi connectivity index (χ1n) is 5.74. The SMILES string of the molecule is C=COCCCCOC(=O)C(=O)c1ccccc1. The van der Waals surface area contributed by atoms with E-state index >= 15 is 0 Å². The summed E-state index contributed by atoms with van der Waals surface area (Å²) in [5.74, 6) is -1.43. The van der Waals surface area contributed by atoms with Crippen molar-refractivity contribution in [2.45, 2.75) is 12.8 Å². The molecule has 4 heteroatoms. The van der Waals surface area contributed by atoms with Crippen LogP contribution in [0.4, 0.5) is 0 Å². The summed E-state index contributed by atoms with van der Waals surface area (Å²) >= 11 is 0. The second-order valence-corrected chi connectivity index (χ2v) is 3.58. The van der Waals surface area contributed by atoms with Gasteiger partial charge in [0.05, 0.1) is 19.5 Å². The molecule has 0 atom stereocenters. The highest BCUT2D eigenvalue weighted by molar-refractivity contribution is 6.40. The van der Waals surface area contributed by atoms with Crippen molar-refractivity contribution in [3.05, 3.63) is 48.7 Å². The number of Topliss-reactive ketones (excluding diaryl/α,β-unsaturated/α-hetero) is 1.